The molecule has 1 aliphatic heterocycles. The van der Waals surface area contributed by atoms with E-state index in [9.17, 15) is 0 Å². The molecule has 0 aromatic heterocycles. The lowest BCUT2D eigenvalue weighted by molar-refractivity contribution is 0.140. The summed E-state index contributed by atoms with van der Waals surface area (Å²) in [5.74, 6) is 2.27. The standard InChI is InChI=1S/C18H31N5O2/c1-14(13-23-9-7-22(2)8-10-23)12-20-18(19)21-16-11-15(24-3)5-6-17(16)25-4/h5-6,11,14H,7-10,12-13H2,1-4H3,(H3,19,20,21). The maximum atomic E-state index is 6.04. The van der Waals surface area contributed by atoms with Gasteiger partial charge in [0.25, 0.3) is 0 Å². The van der Waals surface area contributed by atoms with E-state index in [1.165, 1.54) is 0 Å². The lowest BCUT2D eigenvalue weighted by Crippen LogP contribution is -2.46. The summed E-state index contributed by atoms with van der Waals surface area (Å²) in [5, 5.41) is 3.10. The van der Waals surface area contributed by atoms with Crippen molar-refractivity contribution < 1.29 is 9.47 Å². The largest absolute Gasteiger partial charge is 0.497 e. The van der Waals surface area contributed by atoms with Crippen molar-refractivity contribution in [2.45, 2.75) is 6.92 Å². The van der Waals surface area contributed by atoms with Crippen LogP contribution < -0.4 is 20.5 Å². The van der Waals surface area contributed by atoms with Crippen LogP contribution in [0.5, 0.6) is 11.5 Å². The fourth-order valence-electron chi connectivity index (χ4n) is 2.87. The Morgan fingerprint density at radius 2 is 1.96 bits per heavy atom. The molecule has 1 aromatic carbocycles. The lowest BCUT2D eigenvalue weighted by atomic mass is 10.1. The molecule has 0 aliphatic carbocycles. The fourth-order valence-corrected chi connectivity index (χ4v) is 2.87. The highest BCUT2D eigenvalue weighted by Crippen LogP contribution is 2.28. The zero-order valence-electron chi connectivity index (χ0n) is 15.8. The molecule has 0 spiro atoms. The van der Waals surface area contributed by atoms with Gasteiger partial charge in [0, 0.05) is 45.3 Å². The van der Waals surface area contributed by atoms with Gasteiger partial charge in [0.05, 0.1) is 19.9 Å². The fraction of sp³-hybridized carbons (Fsp3) is 0.611. The summed E-state index contributed by atoms with van der Waals surface area (Å²) in [7, 11) is 5.42. The zero-order valence-corrected chi connectivity index (χ0v) is 15.8. The van der Waals surface area contributed by atoms with Crippen LogP contribution in [-0.4, -0.2) is 76.3 Å². The van der Waals surface area contributed by atoms with E-state index in [0.29, 0.717) is 24.2 Å². The molecular weight excluding hydrogens is 318 g/mol. The third kappa shape index (κ3) is 6.10. The molecule has 3 N–H and O–H groups in total. The summed E-state index contributed by atoms with van der Waals surface area (Å²) in [6.45, 7) is 8.47. The second-order valence-electron chi connectivity index (χ2n) is 6.63. The van der Waals surface area contributed by atoms with Crippen LogP contribution in [0.1, 0.15) is 6.92 Å². The summed E-state index contributed by atoms with van der Waals surface area (Å²) < 4.78 is 10.6. The molecule has 1 aliphatic rings. The number of ether oxygens (including phenoxy) is 2. The van der Waals surface area contributed by atoms with E-state index < -0.39 is 0 Å². The number of benzene rings is 1. The predicted octanol–water partition coefficient (Wildman–Crippen LogP) is 1.31. The molecule has 1 heterocycles. The number of nitrogens with one attached hydrogen (secondary N) is 1. The Bertz CT molecular complexity index is 571. The number of hydrogen-bond donors (Lipinski definition) is 2. The predicted molar refractivity (Wildman–Crippen MR) is 103 cm³/mol. The number of piperazine rings is 1. The summed E-state index contributed by atoms with van der Waals surface area (Å²) in [6, 6.07) is 5.52. The lowest BCUT2D eigenvalue weighted by Gasteiger charge is -2.33. The van der Waals surface area contributed by atoms with Crippen LogP contribution in [0.15, 0.2) is 23.2 Å². The van der Waals surface area contributed by atoms with Gasteiger partial charge in [-0.3, -0.25) is 4.99 Å². The maximum Gasteiger partial charge on any atom is 0.193 e. The van der Waals surface area contributed by atoms with Gasteiger partial charge in [-0.1, -0.05) is 6.92 Å². The average molecular weight is 349 g/mol. The van der Waals surface area contributed by atoms with Gasteiger partial charge in [-0.25, -0.2) is 0 Å². The van der Waals surface area contributed by atoms with Crippen molar-refractivity contribution in [1.82, 2.24) is 9.80 Å². The van der Waals surface area contributed by atoms with Crippen LogP contribution in [0.2, 0.25) is 0 Å². The number of rotatable bonds is 7. The highest BCUT2D eigenvalue weighted by Gasteiger charge is 2.16. The SMILES string of the molecule is COc1ccc(OC)c(NC(N)=NCC(C)CN2CCN(C)CC2)c1. The summed E-state index contributed by atoms with van der Waals surface area (Å²) in [4.78, 5) is 9.34. The maximum absolute atomic E-state index is 6.04. The van der Waals surface area contributed by atoms with Crippen molar-refractivity contribution in [3.05, 3.63) is 18.2 Å². The minimum atomic E-state index is 0.386. The number of nitrogens with two attached hydrogens (primary N) is 1. The van der Waals surface area contributed by atoms with Crippen molar-refractivity contribution in [2.75, 3.05) is 65.9 Å². The Hall–Kier alpha value is -1.99. The van der Waals surface area contributed by atoms with Crippen LogP contribution >= 0.6 is 0 Å². The minimum absolute atomic E-state index is 0.386. The Morgan fingerprint density at radius 3 is 2.60 bits per heavy atom. The molecule has 1 aromatic rings. The minimum Gasteiger partial charge on any atom is -0.497 e. The molecule has 140 valence electrons. The average Bonchev–Trinajstić information content (AvgIpc) is 2.62. The summed E-state index contributed by atoms with van der Waals surface area (Å²) >= 11 is 0. The van der Waals surface area contributed by atoms with Gasteiger partial charge in [-0.05, 0) is 25.1 Å². The zero-order chi connectivity index (χ0) is 18.2. The molecule has 1 atom stereocenters. The van der Waals surface area contributed by atoms with Crippen LogP contribution in [0, 0.1) is 5.92 Å². The van der Waals surface area contributed by atoms with Gasteiger partial charge in [-0.15, -0.1) is 0 Å². The first-order chi connectivity index (χ1) is 12.0. The number of guanidine groups is 1. The molecular formula is C18H31N5O2. The third-order valence-electron chi connectivity index (χ3n) is 4.41. The van der Waals surface area contributed by atoms with Crippen molar-refractivity contribution in [2.24, 2.45) is 16.6 Å². The smallest absolute Gasteiger partial charge is 0.193 e. The second kappa shape index (κ2) is 9.48. The molecule has 1 saturated heterocycles. The summed E-state index contributed by atoms with van der Waals surface area (Å²) in [5.41, 5.74) is 6.79. The van der Waals surface area contributed by atoms with Crippen LogP contribution in [0.25, 0.3) is 0 Å². The van der Waals surface area contributed by atoms with E-state index in [4.69, 9.17) is 15.2 Å². The van der Waals surface area contributed by atoms with Crippen LogP contribution in [0.3, 0.4) is 0 Å². The van der Waals surface area contributed by atoms with Gasteiger partial charge in [0.2, 0.25) is 0 Å². The van der Waals surface area contributed by atoms with Gasteiger partial charge >= 0.3 is 0 Å². The molecule has 1 fully saturated rings. The van der Waals surface area contributed by atoms with E-state index in [1.54, 1.807) is 14.2 Å². The molecule has 25 heavy (non-hydrogen) atoms. The van der Waals surface area contributed by atoms with Gasteiger partial charge in [0.1, 0.15) is 11.5 Å². The molecule has 7 nitrogen and oxygen atoms in total. The Kier molecular flexibility index (Phi) is 7.33. The molecule has 7 heteroatoms. The van der Waals surface area contributed by atoms with E-state index in [1.807, 2.05) is 18.2 Å². The van der Waals surface area contributed by atoms with E-state index in [0.717, 1.165) is 44.2 Å². The van der Waals surface area contributed by atoms with Gasteiger partial charge < -0.3 is 30.3 Å². The monoisotopic (exact) mass is 349 g/mol. The first kappa shape index (κ1) is 19.3. The highest BCUT2D eigenvalue weighted by molar-refractivity contribution is 5.94. The number of anilines is 1. The Balaban J connectivity index is 1.86. The van der Waals surface area contributed by atoms with Crippen LogP contribution in [0.4, 0.5) is 5.69 Å². The Morgan fingerprint density at radius 1 is 1.24 bits per heavy atom. The number of aliphatic imine (C=N–C) groups is 1. The quantitative estimate of drug-likeness (QED) is 0.571. The van der Waals surface area contributed by atoms with Crippen molar-refractivity contribution in [3.8, 4) is 11.5 Å². The van der Waals surface area contributed by atoms with Crippen molar-refractivity contribution in [1.29, 1.82) is 0 Å². The molecule has 0 saturated carbocycles. The second-order valence-corrected chi connectivity index (χ2v) is 6.63. The highest BCUT2D eigenvalue weighted by atomic mass is 16.5. The molecule has 1 unspecified atom stereocenters. The Labute approximate surface area is 150 Å². The van der Waals surface area contributed by atoms with E-state index in [-0.39, 0.29) is 0 Å². The first-order valence-corrected chi connectivity index (χ1v) is 8.71. The van der Waals surface area contributed by atoms with Crippen molar-refractivity contribution in [3.63, 3.8) is 0 Å². The number of nitrogens with zero attached hydrogens (tertiary/aromatic N) is 3. The third-order valence-corrected chi connectivity index (χ3v) is 4.41. The normalized spacial score (nSPS) is 18.0. The number of hydrogen-bond acceptors (Lipinski definition) is 5. The van der Waals surface area contributed by atoms with Gasteiger partial charge in [0.15, 0.2) is 5.96 Å². The summed E-state index contributed by atoms with van der Waals surface area (Å²) in [6.07, 6.45) is 0. The van der Waals surface area contributed by atoms with Crippen LogP contribution in [-0.2, 0) is 0 Å². The number of likely N-dealkylation sites (N-methyl/N-ethyl adjacent to an activating group) is 1. The van der Waals surface area contributed by atoms with Crippen molar-refractivity contribution >= 4 is 11.6 Å². The van der Waals surface area contributed by atoms with Gasteiger partial charge in [-0.2, -0.15) is 0 Å². The topological polar surface area (TPSA) is 75.3 Å². The van der Waals surface area contributed by atoms with E-state index in [2.05, 4.69) is 34.1 Å². The molecule has 2 rings (SSSR count). The first-order valence-electron chi connectivity index (χ1n) is 8.71. The molecule has 0 amide bonds. The molecule has 0 bridgehead atoms. The molecule has 0 radical (unpaired) electrons. The van der Waals surface area contributed by atoms with E-state index >= 15 is 0 Å². The number of methoxy groups -OCH3 is 2.